The summed E-state index contributed by atoms with van der Waals surface area (Å²) in [5.74, 6) is -0.234. The number of hydrogen-bond acceptors (Lipinski definition) is 10. The number of aromatic nitrogens is 2. The van der Waals surface area contributed by atoms with Crippen LogP contribution in [0.5, 0.6) is 5.75 Å². The third-order valence-electron chi connectivity index (χ3n) is 7.43. The number of carbonyl (C=O) groups excluding carboxylic acids is 1. The van der Waals surface area contributed by atoms with Crippen LogP contribution in [0.25, 0.3) is 5.65 Å². The standard InChI is InChI=1S/C29H37N4O8P/c1-5-21(6-2)16-38-28(36)20(4)32-42(37,41-22-12-8-7-9-13-22)39-17-23-25(34)26(35)29(18-30,40-23)24-15-31-27-19(3)11-10-14-33(24)27/h7-15,20-21,23,25-26,34-35H,5-6,16-17H2,1-4H3,(H,32,37)/t20-,23+,25+,26+,29-,42-/m0/s1. The van der Waals surface area contributed by atoms with E-state index in [4.69, 9.17) is 18.5 Å². The predicted molar refractivity (Wildman–Crippen MR) is 152 cm³/mol. The highest BCUT2D eigenvalue weighted by atomic mass is 31.2. The van der Waals surface area contributed by atoms with Crippen molar-refractivity contribution >= 4 is 19.4 Å². The molecule has 0 unspecified atom stereocenters. The molecule has 0 radical (unpaired) electrons. The number of nitrogens with zero attached hydrogens (tertiary/aromatic N) is 3. The molecule has 0 bridgehead atoms. The second kappa shape index (κ2) is 13.3. The summed E-state index contributed by atoms with van der Waals surface area (Å²) in [6.07, 6.45) is 0.209. The number of pyridine rings is 1. The second-order valence-electron chi connectivity index (χ2n) is 10.3. The molecule has 1 aromatic carbocycles. The number of imidazole rings is 1. The van der Waals surface area contributed by atoms with Gasteiger partial charge in [-0.1, -0.05) is 51.0 Å². The summed E-state index contributed by atoms with van der Waals surface area (Å²) in [6.45, 7) is 7.01. The largest absolute Gasteiger partial charge is 0.464 e. The summed E-state index contributed by atoms with van der Waals surface area (Å²) in [4.78, 5) is 17.0. The smallest absolute Gasteiger partial charge is 0.459 e. The fourth-order valence-corrected chi connectivity index (χ4v) is 6.27. The van der Waals surface area contributed by atoms with E-state index in [2.05, 4.69) is 10.1 Å². The summed E-state index contributed by atoms with van der Waals surface area (Å²) < 4.78 is 38.2. The van der Waals surface area contributed by atoms with Gasteiger partial charge in [-0.3, -0.25) is 13.7 Å². The molecule has 2 aromatic heterocycles. The molecule has 0 aliphatic carbocycles. The fraction of sp³-hybridized carbons (Fsp3) is 0.483. The summed E-state index contributed by atoms with van der Waals surface area (Å²) >= 11 is 0. The molecule has 0 spiro atoms. The van der Waals surface area contributed by atoms with E-state index in [0.717, 1.165) is 18.4 Å². The van der Waals surface area contributed by atoms with Crippen LogP contribution in [0, 0.1) is 24.2 Å². The van der Waals surface area contributed by atoms with Gasteiger partial charge in [-0.25, -0.2) is 9.55 Å². The molecule has 3 heterocycles. The molecule has 1 aliphatic rings. The highest BCUT2D eigenvalue weighted by molar-refractivity contribution is 7.52. The number of benzene rings is 1. The average molecular weight is 601 g/mol. The Balaban J connectivity index is 1.53. The van der Waals surface area contributed by atoms with Crippen molar-refractivity contribution in [2.24, 2.45) is 5.92 Å². The van der Waals surface area contributed by atoms with Crippen molar-refractivity contribution in [3.63, 3.8) is 0 Å². The lowest BCUT2D eigenvalue weighted by Gasteiger charge is -2.25. The SMILES string of the molecule is CCC(CC)COC(=O)[C@H](C)N[P@](=O)(OC[C@H]1O[C@@](C#N)(c2cnc3c(C)cccn23)[C@H](O)[C@@H]1O)Oc1ccccc1. The molecule has 0 saturated carbocycles. The molecule has 226 valence electrons. The van der Waals surface area contributed by atoms with Crippen molar-refractivity contribution in [1.82, 2.24) is 14.5 Å². The molecule has 1 saturated heterocycles. The molecule has 12 nitrogen and oxygen atoms in total. The van der Waals surface area contributed by atoms with Gasteiger partial charge in [0, 0.05) is 6.20 Å². The highest BCUT2D eigenvalue weighted by Gasteiger charge is 2.58. The average Bonchev–Trinajstić information content (AvgIpc) is 3.53. The number of aliphatic hydroxyl groups excluding tert-OH is 2. The van der Waals surface area contributed by atoms with E-state index in [1.165, 1.54) is 13.1 Å². The summed E-state index contributed by atoms with van der Waals surface area (Å²) in [7, 11) is -4.29. The number of nitriles is 1. The number of para-hydroxylation sites is 1. The Morgan fingerprint density at radius 1 is 1.24 bits per heavy atom. The van der Waals surface area contributed by atoms with Crippen LogP contribution < -0.4 is 9.61 Å². The number of carbonyl (C=O) groups is 1. The van der Waals surface area contributed by atoms with Gasteiger partial charge in [-0.2, -0.15) is 10.3 Å². The van der Waals surface area contributed by atoms with E-state index in [0.29, 0.717) is 5.65 Å². The first-order chi connectivity index (χ1) is 20.1. The van der Waals surface area contributed by atoms with Crippen LogP contribution in [0.15, 0.2) is 54.9 Å². The number of nitrogens with one attached hydrogen (secondary N) is 1. The Labute approximate surface area is 244 Å². The number of hydrogen-bond donors (Lipinski definition) is 3. The van der Waals surface area contributed by atoms with Crippen LogP contribution in [-0.2, 0) is 29.0 Å². The minimum Gasteiger partial charge on any atom is -0.464 e. The molecule has 3 aromatic rings. The second-order valence-corrected chi connectivity index (χ2v) is 12.0. The van der Waals surface area contributed by atoms with Crippen LogP contribution in [0.2, 0.25) is 0 Å². The Morgan fingerprint density at radius 3 is 2.62 bits per heavy atom. The number of aryl methyl sites for hydroxylation is 1. The molecular formula is C29H37N4O8P. The van der Waals surface area contributed by atoms with Crippen LogP contribution >= 0.6 is 7.75 Å². The molecular weight excluding hydrogens is 563 g/mol. The lowest BCUT2D eigenvalue weighted by atomic mass is 9.93. The number of ether oxygens (including phenoxy) is 2. The molecule has 0 amide bonds. The molecule has 6 atom stereocenters. The third kappa shape index (κ3) is 6.52. The Hall–Kier alpha value is -3.30. The van der Waals surface area contributed by atoms with Crippen LogP contribution in [0.1, 0.15) is 44.9 Å². The lowest BCUT2D eigenvalue weighted by Crippen LogP contribution is -2.40. The topological polar surface area (TPSA) is 165 Å². The van der Waals surface area contributed by atoms with Gasteiger partial charge >= 0.3 is 13.7 Å². The Morgan fingerprint density at radius 2 is 1.95 bits per heavy atom. The van der Waals surface area contributed by atoms with Crippen molar-refractivity contribution in [3.8, 4) is 11.8 Å². The van der Waals surface area contributed by atoms with Crippen molar-refractivity contribution in [2.75, 3.05) is 13.2 Å². The van der Waals surface area contributed by atoms with Crippen molar-refractivity contribution in [1.29, 1.82) is 5.26 Å². The maximum atomic E-state index is 13.9. The molecule has 3 N–H and O–H groups in total. The van der Waals surface area contributed by atoms with Crippen LogP contribution in [-0.4, -0.2) is 63.1 Å². The number of esters is 1. The van der Waals surface area contributed by atoms with Crippen molar-refractivity contribution in [3.05, 3.63) is 66.1 Å². The van der Waals surface area contributed by atoms with E-state index in [-0.39, 0.29) is 24.0 Å². The van der Waals surface area contributed by atoms with E-state index < -0.39 is 50.3 Å². The first-order valence-corrected chi connectivity index (χ1v) is 15.4. The Bertz CT molecular complexity index is 1460. The fourth-order valence-electron chi connectivity index (χ4n) is 4.76. The molecule has 13 heteroatoms. The van der Waals surface area contributed by atoms with Crippen LogP contribution in [0.3, 0.4) is 0 Å². The minimum atomic E-state index is -4.29. The normalized spacial score (nSPS) is 24.3. The molecule has 42 heavy (non-hydrogen) atoms. The zero-order valence-corrected chi connectivity index (χ0v) is 24.9. The van der Waals surface area contributed by atoms with Crippen molar-refractivity contribution < 1.29 is 38.1 Å². The van der Waals surface area contributed by atoms with Gasteiger partial charge in [-0.05, 0) is 43.5 Å². The number of aliphatic hydroxyl groups is 2. The maximum Gasteiger partial charge on any atom is 0.459 e. The first-order valence-electron chi connectivity index (χ1n) is 13.9. The van der Waals surface area contributed by atoms with Gasteiger partial charge in [0.15, 0.2) is 0 Å². The van der Waals surface area contributed by atoms with Crippen LogP contribution in [0.4, 0.5) is 0 Å². The molecule has 1 aliphatic heterocycles. The van der Waals surface area contributed by atoms with E-state index in [1.54, 1.807) is 47.0 Å². The van der Waals surface area contributed by atoms with Gasteiger partial charge in [0.05, 0.1) is 25.1 Å². The number of fused-ring (bicyclic) bond motifs is 1. The zero-order valence-electron chi connectivity index (χ0n) is 24.0. The lowest BCUT2D eigenvalue weighted by molar-refractivity contribution is -0.146. The van der Waals surface area contributed by atoms with Crippen molar-refractivity contribution in [2.45, 2.75) is 70.5 Å². The monoisotopic (exact) mass is 600 g/mol. The maximum absolute atomic E-state index is 13.9. The zero-order chi connectivity index (χ0) is 30.5. The highest BCUT2D eigenvalue weighted by Crippen LogP contribution is 2.47. The first kappa shape index (κ1) is 31.6. The van der Waals surface area contributed by atoms with E-state index >= 15 is 0 Å². The van der Waals surface area contributed by atoms with Gasteiger partial charge in [-0.15, -0.1) is 0 Å². The van der Waals surface area contributed by atoms with Gasteiger partial charge in [0.25, 0.3) is 0 Å². The van der Waals surface area contributed by atoms with Gasteiger partial charge < -0.3 is 24.2 Å². The summed E-state index contributed by atoms with van der Waals surface area (Å²) in [5, 5.41) is 34.7. The van der Waals surface area contributed by atoms with Gasteiger partial charge in [0.1, 0.15) is 41.8 Å². The Kier molecular flexibility index (Phi) is 10.0. The summed E-state index contributed by atoms with van der Waals surface area (Å²) in [6, 6.07) is 12.7. The summed E-state index contributed by atoms with van der Waals surface area (Å²) in [5.41, 5.74) is -0.386. The van der Waals surface area contributed by atoms with E-state index in [9.17, 15) is 24.8 Å². The van der Waals surface area contributed by atoms with Gasteiger partial charge in [0.2, 0.25) is 5.60 Å². The van der Waals surface area contributed by atoms with E-state index in [1.807, 2.05) is 32.9 Å². The quantitative estimate of drug-likeness (QED) is 0.194. The third-order valence-corrected chi connectivity index (χ3v) is 9.08. The minimum absolute atomic E-state index is 0.200. The molecule has 1 fully saturated rings. The predicted octanol–water partition coefficient (Wildman–Crippen LogP) is 3.64. The number of rotatable bonds is 13. The molecule has 4 rings (SSSR count).